The summed E-state index contributed by atoms with van der Waals surface area (Å²) in [5.74, 6) is 0.538. The lowest BCUT2D eigenvalue weighted by molar-refractivity contribution is 0.0677. The fourth-order valence-electron chi connectivity index (χ4n) is 3.48. The van der Waals surface area contributed by atoms with E-state index in [0.717, 1.165) is 36.5 Å². The number of nitrogens with zero attached hydrogens (tertiary/aromatic N) is 4. The van der Waals surface area contributed by atoms with E-state index in [1.54, 1.807) is 24.4 Å². The van der Waals surface area contributed by atoms with Crippen molar-refractivity contribution in [3.8, 4) is 6.07 Å². The van der Waals surface area contributed by atoms with E-state index in [-0.39, 0.29) is 5.78 Å². The molecule has 2 N–H and O–H groups in total. The summed E-state index contributed by atoms with van der Waals surface area (Å²) in [5.41, 5.74) is 9.97. The number of aliphatic imine (C=N–C) groups is 2. The number of nitriles is 1. The molecule has 0 bridgehead atoms. The molecule has 1 aliphatic rings. The fraction of sp³-hybridized carbons (Fsp3) is 0.407. The van der Waals surface area contributed by atoms with Gasteiger partial charge in [-0.1, -0.05) is 25.1 Å². The maximum absolute atomic E-state index is 13.8. The summed E-state index contributed by atoms with van der Waals surface area (Å²) in [7, 11) is 0. The number of morpholine rings is 1. The molecule has 0 spiro atoms. The zero-order valence-corrected chi connectivity index (χ0v) is 20.9. The van der Waals surface area contributed by atoms with Crippen LogP contribution in [0, 0.1) is 11.3 Å². The molecule has 1 fully saturated rings. The molecule has 7 heteroatoms. The van der Waals surface area contributed by atoms with Gasteiger partial charge in [0, 0.05) is 37.0 Å². The third-order valence-electron chi connectivity index (χ3n) is 5.47. The first kappa shape index (κ1) is 26.9. The second-order valence-corrected chi connectivity index (χ2v) is 8.13. The second kappa shape index (κ2) is 13.4. The van der Waals surface area contributed by atoms with Crippen LogP contribution in [0.3, 0.4) is 0 Å². The molecule has 34 heavy (non-hydrogen) atoms. The van der Waals surface area contributed by atoms with Gasteiger partial charge in [-0.3, -0.25) is 9.79 Å². The van der Waals surface area contributed by atoms with Crippen LogP contribution >= 0.6 is 0 Å². The number of amidine groups is 1. The van der Waals surface area contributed by atoms with Crippen molar-refractivity contribution in [2.24, 2.45) is 15.7 Å². The number of ether oxygens (including phenoxy) is 1. The molecule has 1 aromatic carbocycles. The normalized spacial score (nSPS) is 15.4. The number of rotatable bonds is 8. The Bertz CT molecular complexity index is 1080. The van der Waals surface area contributed by atoms with Gasteiger partial charge >= 0.3 is 0 Å². The smallest absolute Gasteiger partial charge is 0.212 e. The van der Waals surface area contributed by atoms with Crippen LogP contribution in [0.5, 0.6) is 0 Å². The Labute approximate surface area is 203 Å². The van der Waals surface area contributed by atoms with Gasteiger partial charge in [0.15, 0.2) is 0 Å². The lowest BCUT2D eigenvalue weighted by Gasteiger charge is -2.28. The average Bonchev–Trinajstić information content (AvgIpc) is 2.86. The maximum Gasteiger partial charge on any atom is 0.212 e. The van der Waals surface area contributed by atoms with Gasteiger partial charge in [0.25, 0.3) is 0 Å². The van der Waals surface area contributed by atoms with Crippen LogP contribution in [0.25, 0.3) is 5.70 Å². The summed E-state index contributed by atoms with van der Waals surface area (Å²) in [4.78, 5) is 25.3. The molecule has 1 saturated heterocycles. The number of carbonyl (C=O) groups is 1. The van der Waals surface area contributed by atoms with E-state index in [2.05, 4.69) is 16.0 Å². The Kier molecular flexibility index (Phi) is 10.6. The molecular weight excluding hydrogens is 426 g/mol. The number of benzene rings is 1. The van der Waals surface area contributed by atoms with Crippen molar-refractivity contribution < 1.29 is 9.53 Å². The number of ketones is 1. The molecule has 2 rings (SSSR count). The topological polar surface area (TPSA) is 104 Å². The van der Waals surface area contributed by atoms with Crippen LogP contribution in [0.1, 0.15) is 62.5 Å². The minimum absolute atomic E-state index is 0.234. The van der Waals surface area contributed by atoms with Crippen LogP contribution in [0.2, 0.25) is 0 Å². The Balaban J connectivity index is 2.59. The van der Waals surface area contributed by atoms with Gasteiger partial charge in [0.05, 0.1) is 30.5 Å². The monoisotopic (exact) mass is 461 g/mol. The predicted octanol–water partition coefficient (Wildman–Crippen LogP) is 4.51. The third-order valence-corrected chi connectivity index (χ3v) is 5.47. The Morgan fingerprint density at radius 3 is 2.50 bits per heavy atom. The number of Topliss-reactive ketones (excluding diaryl/α,β-unsaturated/α-hetero) is 1. The quantitative estimate of drug-likeness (QED) is 0.265. The van der Waals surface area contributed by atoms with Crippen molar-refractivity contribution in [3.63, 3.8) is 0 Å². The second-order valence-electron chi connectivity index (χ2n) is 8.13. The highest BCUT2D eigenvalue weighted by atomic mass is 16.5. The molecule has 1 heterocycles. The predicted molar refractivity (Wildman–Crippen MR) is 139 cm³/mol. The van der Waals surface area contributed by atoms with Gasteiger partial charge in [-0.25, -0.2) is 4.99 Å². The van der Waals surface area contributed by atoms with E-state index in [1.165, 1.54) is 0 Å². The fourth-order valence-corrected chi connectivity index (χ4v) is 3.48. The van der Waals surface area contributed by atoms with Crippen molar-refractivity contribution in [2.45, 2.75) is 41.0 Å². The number of nitrogens with two attached hydrogens (primary N) is 1. The lowest BCUT2D eigenvalue weighted by atomic mass is 9.95. The molecule has 180 valence electrons. The Hall–Kier alpha value is -3.34. The molecule has 7 nitrogen and oxygen atoms in total. The summed E-state index contributed by atoms with van der Waals surface area (Å²) in [6, 6.07) is 7.25. The standard InChI is InChI=1S/C27H35N5O2/c1-6-8-25(30-18-21(7-2)16-28)23-10-9-22(17-29)15-24(23)27(33)26(19(3)4)31-20(5)32-11-13-34-14-12-32/h7-10,15,18H,6,11-14,16,28H2,1-5H3/b21-7-,25-8+,30-18-,31-20+. The van der Waals surface area contributed by atoms with E-state index in [9.17, 15) is 10.1 Å². The highest BCUT2D eigenvalue weighted by Crippen LogP contribution is 2.26. The van der Waals surface area contributed by atoms with Gasteiger partial charge in [-0.15, -0.1) is 0 Å². The van der Waals surface area contributed by atoms with Crippen LogP contribution in [-0.4, -0.2) is 55.6 Å². The first-order valence-corrected chi connectivity index (χ1v) is 11.6. The van der Waals surface area contributed by atoms with Crippen LogP contribution < -0.4 is 5.73 Å². The molecule has 0 amide bonds. The molecule has 1 aromatic rings. The van der Waals surface area contributed by atoms with Gasteiger partial charge in [-0.05, 0) is 57.4 Å². The van der Waals surface area contributed by atoms with E-state index in [0.29, 0.717) is 47.8 Å². The Morgan fingerprint density at radius 2 is 1.94 bits per heavy atom. The largest absolute Gasteiger partial charge is 0.378 e. The minimum Gasteiger partial charge on any atom is -0.378 e. The summed E-state index contributed by atoms with van der Waals surface area (Å²) in [6.45, 7) is 12.7. The molecule has 0 atom stereocenters. The molecule has 0 saturated carbocycles. The summed E-state index contributed by atoms with van der Waals surface area (Å²) >= 11 is 0. The van der Waals surface area contributed by atoms with Crippen LogP contribution in [-0.2, 0) is 4.74 Å². The van der Waals surface area contributed by atoms with Gasteiger partial charge in [0.1, 0.15) is 11.5 Å². The van der Waals surface area contributed by atoms with Crippen LogP contribution in [0.4, 0.5) is 0 Å². The number of hydrogen-bond donors (Lipinski definition) is 1. The highest BCUT2D eigenvalue weighted by molar-refractivity contribution is 6.13. The Morgan fingerprint density at radius 1 is 1.24 bits per heavy atom. The van der Waals surface area contributed by atoms with E-state index in [1.807, 2.05) is 46.8 Å². The van der Waals surface area contributed by atoms with Crippen LogP contribution in [0.15, 0.2) is 57.2 Å². The maximum atomic E-state index is 13.8. The zero-order chi connectivity index (χ0) is 25.1. The van der Waals surface area contributed by atoms with E-state index in [4.69, 9.17) is 15.5 Å². The van der Waals surface area contributed by atoms with Crippen molar-refractivity contribution in [3.05, 3.63) is 63.9 Å². The lowest BCUT2D eigenvalue weighted by Crippen LogP contribution is -2.39. The molecule has 0 unspecified atom stereocenters. The van der Waals surface area contributed by atoms with Gasteiger partial charge in [0.2, 0.25) is 5.78 Å². The van der Waals surface area contributed by atoms with Crippen molar-refractivity contribution in [1.82, 2.24) is 4.90 Å². The van der Waals surface area contributed by atoms with Gasteiger partial charge in [-0.2, -0.15) is 5.26 Å². The van der Waals surface area contributed by atoms with Crippen molar-refractivity contribution in [1.29, 1.82) is 5.26 Å². The number of carbonyl (C=O) groups excluding carboxylic acids is 1. The number of allylic oxidation sites excluding steroid dienone is 4. The molecular formula is C27H35N5O2. The zero-order valence-electron chi connectivity index (χ0n) is 20.9. The SMILES string of the molecule is C\C=C(/C=N\C(=C\CC)c1ccc(C#N)cc1C(=O)C(/N=C(\C)N1CCOCC1)=C(C)C)CN. The summed E-state index contributed by atoms with van der Waals surface area (Å²) in [5, 5.41) is 9.50. The van der Waals surface area contributed by atoms with Gasteiger partial charge < -0.3 is 15.4 Å². The first-order valence-electron chi connectivity index (χ1n) is 11.6. The van der Waals surface area contributed by atoms with Crippen molar-refractivity contribution in [2.75, 3.05) is 32.8 Å². The van der Waals surface area contributed by atoms with E-state index < -0.39 is 0 Å². The highest BCUT2D eigenvalue weighted by Gasteiger charge is 2.21. The molecule has 0 radical (unpaired) electrons. The number of hydrogen-bond acceptors (Lipinski definition) is 6. The summed E-state index contributed by atoms with van der Waals surface area (Å²) < 4.78 is 5.43. The summed E-state index contributed by atoms with van der Waals surface area (Å²) in [6.07, 6.45) is 6.32. The van der Waals surface area contributed by atoms with E-state index >= 15 is 0 Å². The molecule has 0 aromatic heterocycles. The first-order chi connectivity index (χ1) is 16.4. The third kappa shape index (κ3) is 7.08. The molecule has 0 aliphatic carbocycles. The molecule has 1 aliphatic heterocycles. The van der Waals surface area contributed by atoms with Crippen molar-refractivity contribution >= 4 is 23.5 Å². The average molecular weight is 462 g/mol. The minimum atomic E-state index is -0.234.